The lowest BCUT2D eigenvalue weighted by molar-refractivity contribution is -0.138. The Bertz CT molecular complexity index is 531. The molecule has 0 spiro atoms. The van der Waals surface area contributed by atoms with E-state index in [9.17, 15) is 18.0 Å². The van der Waals surface area contributed by atoms with Crippen LogP contribution >= 0.6 is 12.4 Å². The van der Waals surface area contributed by atoms with Crippen molar-refractivity contribution in [2.24, 2.45) is 5.92 Å². The molecule has 0 radical (unpaired) electrons. The number of alkyl halides is 3. The Balaban J connectivity index is 0.00000288. The predicted molar refractivity (Wildman–Crippen MR) is 90.1 cm³/mol. The standard InChI is InChI=1S/C17H23F3N2O.ClH/c1-12(14-4-2-3-5-15(14)17(18,19)20)22-16(23)7-6-13-8-10-21-11-9-13;/h2-5,12-13,21H,6-11H2,1H3,(H,22,23);1H. The molecule has 136 valence electrons. The fraction of sp³-hybridized carbons (Fsp3) is 0.588. The Morgan fingerprint density at radius 3 is 2.54 bits per heavy atom. The van der Waals surface area contributed by atoms with Gasteiger partial charge in [-0.25, -0.2) is 0 Å². The Hall–Kier alpha value is -1.27. The van der Waals surface area contributed by atoms with Gasteiger partial charge in [-0.05, 0) is 56.8 Å². The van der Waals surface area contributed by atoms with Gasteiger partial charge in [0.15, 0.2) is 0 Å². The first kappa shape index (κ1) is 20.8. The van der Waals surface area contributed by atoms with Crippen molar-refractivity contribution in [2.75, 3.05) is 13.1 Å². The van der Waals surface area contributed by atoms with E-state index in [0.717, 1.165) is 38.4 Å². The number of rotatable bonds is 5. The summed E-state index contributed by atoms with van der Waals surface area (Å²) in [5.74, 6) is 0.341. The Kier molecular flexibility index (Phi) is 8.03. The number of amides is 1. The first-order valence-electron chi connectivity index (χ1n) is 8.04. The zero-order chi connectivity index (χ0) is 16.9. The van der Waals surface area contributed by atoms with E-state index in [1.165, 1.54) is 12.1 Å². The van der Waals surface area contributed by atoms with Crippen molar-refractivity contribution in [3.63, 3.8) is 0 Å². The largest absolute Gasteiger partial charge is 0.416 e. The minimum Gasteiger partial charge on any atom is -0.350 e. The molecule has 0 aromatic heterocycles. The molecule has 1 atom stereocenters. The lowest BCUT2D eigenvalue weighted by atomic mass is 9.93. The van der Waals surface area contributed by atoms with Gasteiger partial charge in [0.2, 0.25) is 5.91 Å². The molecule has 1 aliphatic rings. The van der Waals surface area contributed by atoms with Crippen LogP contribution in [0.3, 0.4) is 0 Å². The van der Waals surface area contributed by atoms with Crippen LogP contribution in [0.4, 0.5) is 13.2 Å². The number of nitrogens with one attached hydrogen (secondary N) is 2. The van der Waals surface area contributed by atoms with E-state index in [1.807, 2.05) is 0 Å². The molecule has 1 aromatic rings. The lowest BCUT2D eigenvalue weighted by Crippen LogP contribution is -2.31. The highest BCUT2D eigenvalue weighted by molar-refractivity contribution is 5.85. The van der Waals surface area contributed by atoms with Crippen LogP contribution in [-0.2, 0) is 11.0 Å². The molecule has 3 nitrogen and oxygen atoms in total. The van der Waals surface area contributed by atoms with E-state index < -0.39 is 17.8 Å². The number of hydrogen-bond acceptors (Lipinski definition) is 2. The third-order valence-electron chi connectivity index (χ3n) is 4.35. The first-order valence-corrected chi connectivity index (χ1v) is 8.04. The van der Waals surface area contributed by atoms with Gasteiger partial charge in [0.25, 0.3) is 0 Å². The summed E-state index contributed by atoms with van der Waals surface area (Å²) >= 11 is 0. The average molecular weight is 365 g/mol. The van der Waals surface area contributed by atoms with Crippen LogP contribution < -0.4 is 10.6 Å². The predicted octanol–water partition coefficient (Wildman–Crippen LogP) is 4.08. The molecule has 1 unspecified atom stereocenters. The molecule has 1 saturated heterocycles. The monoisotopic (exact) mass is 364 g/mol. The quantitative estimate of drug-likeness (QED) is 0.826. The van der Waals surface area contributed by atoms with Crippen LogP contribution in [-0.4, -0.2) is 19.0 Å². The van der Waals surface area contributed by atoms with Crippen LogP contribution in [0.15, 0.2) is 24.3 Å². The Morgan fingerprint density at radius 1 is 1.29 bits per heavy atom. The molecular formula is C17H24ClF3N2O. The summed E-state index contributed by atoms with van der Waals surface area (Å²) in [4.78, 5) is 12.0. The zero-order valence-corrected chi connectivity index (χ0v) is 14.5. The second-order valence-corrected chi connectivity index (χ2v) is 6.11. The fourth-order valence-corrected chi connectivity index (χ4v) is 3.03. The number of benzene rings is 1. The van der Waals surface area contributed by atoms with Crippen molar-refractivity contribution < 1.29 is 18.0 Å². The molecule has 0 bridgehead atoms. The molecule has 1 aliphatic heterocycles. The summed E-state index contributed by atoms with van der Waals surface area (Å²) in [6, 6.07) is 4.72. The third kappa shape index (κ3) is 5.98. The molecule has 0 saturated carbocycles. The number of carbonyl (C=O) groups is 1. The van der Waals surface area contributed by atoms with Gasteiger partial charge < -0.3 is 10.6 Å². The first-order chi connectivity index (χ1) is 10.9. The Labute approximate surface area is 146 Å². The summed E-state index contributed by atoms with van der Waals surface area (Å²) in [5.41, 5.74) is -0.582. The van der Waals surface area contributed by atoms with Crippen molar-refractivity contribution in [2.45, 2.75) is 44.8 Å². The number of halogens is 4. The van der Waals surface area contributed by atoms with Gasteiger partial charge in [0.1, 0.15) is 0 Å². The lowest BCUT2D eigenvalue weighted by Gasteiger charge is -2.23. The maximum Gasteiger partial charge on any atom is 0.416 e. The SMILES string of the molecule is CC(NC(=O)CCC1CCNCC1)c1ccccc1C(F)(F)F.Cl. The van der Waals surface area contributed by atoms with E-state index in [2.05, 4.69) is 10.6 Å². The molecule has 1 aromatic carbocycles. The summed E-state index contributed by atoms with van der Waals surface area (Å²) in [6.45, 7) is 3.54. The smallest absolute Gasteiger partial charge is 0.350 e. The van der Waals surface area contributed by atoms with E-state index in [0.29, 0.717) is 12.3 Å². The highest BCUT2D eigenvalue weighted by atomic mass is 35.5. The van der Waals surface area contributed by atoms with Crippen molar-refractivity contribution in [1.82, 2.24) is 10.6 Å². The maximum atomic E-state index is 13.0. The van der Waals surface area contributed by atoms with Gasteiger partial charge in [-0.3, -0.25) is 4.79 Å². The summed E-state index contributed by atoms with van der Waals surface area (Å²) in [7, 11) is 0. The van der Waals surface area contributed by atoms with E-state index in [-0.39, 0.29) is 23.9 Å². The summed E-state index contributed by atoms with van der Waals surface area (Å²) < 4.78 is 39.1. The molecule has 2 rings (SSSR count). The second-order valence-electron chi connectivity index (χ2n) is 6.11. The second kappa shape index (κ2) is 9.28. The number of carbonyl (C=O) groups excluding carboxylic acids is 1. The molecule has 1 fully saturated rings. The van der Waals surface area contributed by atoms with Crippen molar-refractivity contribution in [1.29, 1.82) is 0 Å². The summed E-state index contributed by atoms with van der Waals surface area (Å²) in [5, 5.41) is 5.96. The van der Waals surface area contributed by atoms with Crippen molar-refractivity contribution >= 4 is 18.3 Å². The zero-order valence-electron chi connectivity index (χ0n) is 13.7. The van der Waals surface area contributed by atoms with E-state index in [1.54, 1.807) is 13.0 Å². The van der Waals surface area contributed by atoms with Gasteiger partial charge in [0.05, 0.1) is 11.6 Å². The van der Waals surface area contributed by atoms with Gasteiger partial charge in [0, 0.05) is 6.42 Å². The van der Waals surface area contributed by atoms with Crippen molar-refractivity contribution in [3.8, 4) is 0 Å². The van der Waals surface area contributed by atoms with Crippen LogP contribution in [0.25, 0.3) is 0 Å². The number of piperidine rings is 1. The van der Waals surface area contributed by atoms with Gasteiger partial charge in [-0.15, -0.1) is 12.4 Å². The topological polar surface area (TPSA) is 41.1 Å². The van der Waals surface area contributed by atoms with Crippen LogP contribution in [0.1, 0.15) is 49.8 Å². The molecule has 24 heavy (non-hydrogen) atoms. The minimum absolute atomic E-state index is 0. The van der Waals surface area contributed by atoms with E-state index >= 15 is 0 Å². The van der Waals surface area contributed by atoms with Crippen molar-refractivity contribution in [3.05, 3.63) is 35.4 Å². The summed E-state index contributed by atoms with van der Waals surface area (Å²) in [6.07, 6.45) is -1.14. The van der Waals surface area contributed by atoms with Gasteiger partial charge in [-0.2, -0.15) is 13.2 Å². The van der Waals surface area contributed by atoms with E-state index in [4.69, 9.17) is 0 Å². The highest BCUT2D eigenvalue weighted by Crippen LogP contribution is 2.34. The van der Waals surface area contributed by atoms with Crippen LogP contribution in [0.2, 0.25) is 0 Å². The number of hydrogen-bond donors (Lipinski definition) is 2. The normalized spacial score (nSPS) is 17.0. The fourth-order valence-electron chi connectivity index (χ4n) is 3.03. The molecular weight excluding hydrogens is 341 g/mol. The maximum absolute atomic E-state index is 13.0. The molecule has 1 heterocycles. The molecule has 1 amide bonds. The van der Waals surface area contributed by atoms with Gasteiger partial charge >= 0.3 is 6.18 Å². The van der Waals surface area contributed by atoms with Gasteiger partial charge in [-0.1, -0.05) is 18.2 Å². The molecule has 0 aliphatic carbocycles. The minimum atomic E-state index is -4.41. The molecule has 7 heteroatoms. The third-order valence-corrected chi connectivity index (χ3v) is 4.35. The van der Waals surface area contributed by atoms with Crippen LogP contribution in [0.5, 0.6) is 0 Å². The molecule has 2 N–H and O–H groups in total. The Morgan fingerprint density at radius 2 is 1.92 bits per heavy atom. The highest BCUT2D eigenvalue weighted by Gasteiger charge is 2.34. The average Bonchev–Trinajstić information content (AvgIpc) is 2.53. The van der Waals surface area contributed by atoms with Crippen LogP contribution in [0, 0.1) is 5.92 Å².